The lowest BCUT2D eigenvalue weighted by Crippen LogP contribution is -2.54. The van der Waals surface area contributed by atoms with Crippen molar-refractivity contribution in [3.8, 4) is 0 Å². The van der Waals surface area contributed by atoms with Crippen molar-refractivity contribution >= 4 is 12.0 Å². The topological polar surface area (TPSA) is 81.7 Å². The van der Waals surface area contributed by atoms with E-state index in [1.807, 2.05) is 0 Å². The normalized spacial score (nSPS) is 17.5. The van der Waals surface area contributed by atoms with Gasteiger partial charge in [0.05, 0.1) is 12.0 Å². The van der Waals surface area contributed by atoms with Crippen LogP contribution in [0.25, 0.3) is 0 Å². The smallest absolute Gasteiger partial charge is 0.315 e. The van der Waals surface area contributed by atoms with Crippen LogP contribution >= 0.6 is 0 Å². The second-order valence-corrected chi connectivity index (χ2v) is 5.82. The van der Waals surface area contributed by atoms with E-state index >= 15 is 0 Å². The summed E-state index contributed by atoms with van der Waals surface area (Å²) in [7, 11) is 0. The van der Waals surface area contributed by atoms with Crippen molar-refractivity contribution in [1.29, 1.82) is 0 Å². The van der Waals surface area contributed by atoms with Gasteiger partial charge in [-0.2, -0.15) is 0 Å². The van der Waals surface area contributed by atoms with Crippen LogP contribution in [-0.4, -0.2) is 53.7 Å². The maximum absolute atomic E-state index is 12.0. The van der Waals surface area contributed by atoms with E-state index in [9.17, 15) is 9.59 Å². The minimum Gasteiger partial charge on any atom is -0.481 e. The molecule has 0 atom stereocenters. The Balaban J connectivity index is 2.43. The molecule has 1 saturated carbocycles. The lowest BCUT2D eigenvalue weighted by molar-refractivity contribution is -0.139. The van der Waals surface area contributed by atoms with Gasteiger partial charge in [0.25, 0.3) is 0 Å². The second-order valence-electron chi connectivity index (χ2n) is 5.82. The molecule has 21 heavy (non-hydrogen) atoms. The molecule has 0 aromatic rings. The molecule has 2 amide bonds. The van der Waals surface area contributed by atoms with Crippen LogP contribution in [0.4, 0.5) is 4.79 Å². The van der Waals surface area contributed by atoms with E-state index in [-0.39, 0.29) is 12.5 Å². The molecular formula is C15H29N3O3. The summed E-state index contributed by atoms with van der Waals surface area (Å²) in [5.41, 5.74) is -0.566. The molecule has 6 heteroatoms. The standard InChI is InChI=1S/C15H29N3O3/c1-3-18(4-2)11-10-16-14(21)17-15(12-13(19)20)8-6-5-7-9-15/h3-12H2,1-2H3,(H,19,20)(H2,16,17,21). The van der Waals surface area contributed by atoms with Crippen LogP contribution in [0.5, 0.6) is 0 Å². The zero-order valence-electron chi connectivity index (χ0n) is 13.3. The van der Waals surface area contributed by atoms with Gasteiger partial charge in [0, 0.05) is 13.1 Å². The first kappa shape index (κ1) is 17.8. The minimum atomic E-state index is -0.847. The zero-order valence-corrected chi connectivity index (χ0v) is 13.3. The predicted molar refractivity (Wildman–Crippen MR) is 82.4 cm³/mol. The van der Waals surface area contributed by atoms with E-state index in [0.717, 1.165) is 51.7 Å². The minimum absolute atomic E-state index is 0.0104. The Morgan fingerprint density at radius 2 is 1.76 bits per heavy atom. The Kier molecular flexibility index (Phi) is 7.50. The van der Waals surface area contributed by atoms with Gasteiger partial charge >= 0.3 is 12.0 Å². The lowest BCUT2D eigenvalue weighted by atomic mass is 9.79. The van der Waals surface area contributed by atoms with E-state index in [0.29, 0.717) is 6.54 Å². The molecule has 0 aromatic heterocycles. The Hall–Kier alpha value is -1.30. The molecule has 0 saturated heterocycles. The van der Waals surface area contributed by atoms with Gasteiger partial charge in [0.2, 0.25) is 0 Å². The fourth-order valence-corrected chi connectivity index (χ4v) is 3.02. The lowest BCUT2D eigenvalue weighted by Gasteiger charge is -2.37. The molecule has 0 aromatic carbocycles. The average molecular weight is 299 g/mol. The zero-order chi connectivity index (χ0) is 15.7. The van der Waals surface area contributed by atoms with Gasteiger partial charge in [-0.15, -0.1) is 0 Å². The number of hydrogen-bond acceptors (Lipinski definition) is 3. The van der Waals surface area contributed by atoms with Crippen molar-refractivity contribution in [1.82, 2.24) is 15.5 Å². The summed E-state index contributed by atoms with van der Waals surface area (Å²) >= 11 is 0. The first-order valence-corrected chi connectivity index (χ1v) is 8.01. The predicted octanol–water partition coefficient (Wildman–Crippen LogP) is 1.80. The molecule has 122 valence electrons. The summed E-state index contributed by atoms with van der Waals surface area (Å²) in [5.74, 6) is -0.847. The molecular weight excluding hydrogens is 270 g/mol. The van der Waals surface area contributed by atoms with Crippen molar-refractivity contribution in [2.45, 2.75) is 57.9 Å². The van der Waals surface area contributed by atoms with E-state index in [1.54, 1.807) is 0 Å². The first-order chi connectivity index (χ1) is 10.0. The highest BCUT2D eigenvalue weighted by Gasteiger charge is 2.35. The van der Waals surface area contributed by atoms with E-state index in [1.165, 1.54) is 0 Å². The van der Waals surface area contributed by atoms with Crippen molar-refractivity contribution in [3.63, 3.8) is 0 Å². The third-order valence-electron chi connectivity index (χ3n) is 4.29. The molecule has 6 nitrogen and oxygen atoms in total. The van der Waals surface area contributed by atoms with Crippen LogP contribution in [0.1, 0.15) is 52.4 Å². The fourth-order valence-electron chi connectivity index (χ4n) is 3.02. The highest BCUT2D eigenvalue weighted by atomic mass is 16.4. The van der Waals surface area contributed by atoms with Gasteiger partial charge in [0.1, 0.15) is 0 Å². The summed E-state index contributed by atoms with van der Waals surface area (Å²) in [4.78, 5) is 25.3. The molecule has 1 rings (SSSR count). The summed E-state index contributed by atoms with van der Waals surface area (Å²) in [6, 6.07) is -0.245. The number of urea groups is 1. The summed E-state index contributed by atoms with van der Waals surface area (Å²) in [6.45, 7) is 7.50. The second kappa shape index (κ2) is 8.87. The van der Waals surface area contributed by atoms with E-state index in [4.69, 9.17) is 5.11 Å². The number of aliphatic carboxylic acids is 1. The largest absolute Gasteiger partial charge is 0.481 e. The number of carboxylic acids is 1. The molecule has 1 aliphatic rings. The van der Waals surface area contributed by atoms with Crippen LogP contribution in [0.3, 0.4) is 0 Å². The number of rotatable bonds is 8. The van der Waals surface area contributed by atoms with Gasteiger partial charge in [-0.1, -0.05) is 33.1 Å². The van der Waals surface area contributed by atoms with E-state index < -0.39 is 11.5 Å². The summed E-state index contributed by atoms with van der Waals surface area (Å²) in [6.07, 6.45) is 4.59. The van der Waals surface area contributed by atoms with Gasteiger partial charge in [0.15, 0.2) is 0 Å². The average Bonchev–Trinajstić information content (AvgIpc) is 2.43. The SMILES string of the molecule is CCN(CC)CCNC(=O)NC1(CC(=O)O)CCCCC1. The number of nitrogens with zero attached hydrogens (tertiary/aromatic N) is 1. The Labute approximate surface area is 127 Å². The monoisotopic (exact) mass is 299 g/mol. The van der Waals surface area contributed by atoms with Crippen LogP contribution < -0.4 is 10.6 Å². The molecule has 1 fully saturated rings. The third kappa shape index (κ3) is 6.33. The number of carboxylic acid groups (broad SMARTS) is 1. The van der Waals surface area contributed by atoms with Crippen molar-refractivity contribution < 1.29 is 14.7 Å². The molecule has 0 aliphatic heterocycles. The Morgan fingerprint density at radius 1 is 1.14 bits per heavy atom. The van der Waals surface area contributed by atoms with Crippen molar-refractivity contribution in [2.24, 2.45) is 0 Å². The Morgan fingerprint density at radius 3 is 2.29 bits per heavy atom. The third-order valence-corrected chi connectivity index (χ3v) is 4.29. The number of carbonyl (C=O) groups excluding carboxylic acids is 1. The van der Waals surface area contributed by atoms with Crippen LogP contribution in [0, 0.1) is 0 Å². The van der Waals surface area contributed by atoms with Gasteiger partial charge in [-0.05, 0) is 25.9 Å². The summed E-state index contributed by atoms with van der Waals surface area (Å²) < 4.78 is 0. The molecule has 0 unspecified atom stereocenters. The maximum Gasteiger partial charge on any atom is 0.315 e. The molecule has 3 N–H and O–H groups in total. The van der Waals surface area contributed by atoms with Crippen molar-refractivity contribution in [2.75, 3.05) is 26.2 Å². The number of hydrogen-bond donors (Lipinski definition) is 3. The first-order valence-electron chi connectivity index (χ1n) is 8.01. The molecule has 0 heterocycles. The molecule has 1 aliphatic carbocycles. The molecule has 0 radical (unpaired) electrons. The number of nitrogens with one attached hydrogen (secondary N) is 2. The van der Waals surface area contributed by atoms with Gasteiger partial charge < -0.3 is 20.6 Å². The maximum atomic E-state index is 12.0. The van der Waals surface area contributed by atoms with E-state index in [2.05, 4.69) is 29.4 Å². The Bertz CT molecular complexity index is 337. The number of likely N-dealkylation sites (N-methyl/N-ethyl adjacent to an activating group) is 1. The van der Waals surface area contributed by atoms with Crippen LogP contribution in [0.15, 0.2) is 0 Å². The highest BCUT2D eigenvalue weighted by molar-refractivity contribution is 5.76. The van der Waals surface area contributed by atoms with Gasteiger partial charge in [-0.3, -0.25) is 4.79 Å². The number of carbonyl (C=O) groups is 2. The van der Waals surface area contributed by atoms with Gasteiger partial charge in [-0.25, -0.2) is 4.79 Å². The fraction of sp³-hybridized carbons (Fsp3) is 0.867. The highest BCUT2D eigenvalue weighted by Crippen LogP contribution is 2.31. The number of amides is 2. The van der Waals surface area contributed by atoms with Crippen LogP contribution in [0.2, 0.25) is 0 Å². The molecule has 0 spiro atoms. The quantitative estimate of drug-likeness (QED) is 0.638. The molecule has 0 bridgehead atoms. The van der Waals surface area contributed by atoms with Crippen molar-refractivity contribution in [3.05, 3.63) is 0 Å². The van der Waals surface area contributed by atoms with Crippen LogP contribution in [-0.2, 0) is 4.79 Å². The summed E-state index contributed by atoms with van der Waals surface area (Å²) in [5, 5.41) is 14.8.